The van der Waals surface area contributed by atoms with Gasteiger partial charge in [0.2, 0.25) is 5.91 Å². The quantitative estimate of drug-likeness (QED) is 0.814. The molecule has 0 saturated heterocycles. The summed E-state index contributed by atoms with van der Waals surface area (Å²) in [4.78, 5) is 17.1. The van der Waals surface area contributed by atoms with Gasteiger partial charge < -0.3 is 10.6 Å². The molecule has 0 fully saturated rings. The highest BCUT2D eigenvalue weighted by Crippen LogP contribution is 2.27. The van der Waals surface area contributed by atoms with Gasteiger partial charge in [-0.2, -0.15) is 0 Å². The van der Waals surface area contributed by atoms with Gasteiger partial charge in [-0.05, 0) is 28.7 Å². The Hall–Kier alpha value is -1.84. The van der Waals surface area contributed by atoms with Crippen LogP contribution in [0.1, 0.15) is 31.9 Å². The molecule has 0 bridgehead atoms. The van der Waals surface area contributed by atoms with Crippen LogP contribution in [-0.4, -0.2) is 29.9 Å². The standard InChI is InChI=1S/C14H21N3O/c1-14(2,3)11-8-12(15)16-9-10(11)6-7-13(18)17(4)5/h6-9H,1-5H3,(H2,15,16). The number of nitrogen functional groups attached to an aromatic ring is 1. The molecule has 0 aliphatic rings. The van der Waals surface area contributed by atoms with Crippen LogP contribution in [0.5, 0.6) is 0 Å². The van der Waals surface area contributed by atoms with Gasteiger partial charge in [0.1, 0.15) is 5.82 Å². The van der Waals surface area contributed by atoms with Gasteiger partial charge in [-0.15, -0.1) is 0 Å². The normalized spacial score (nSPS) is 11.8. The van der Waals surface area contributed by atoms with Crippen molar-refractivity contribution >= 4 is 17.8 Å². The average Bonchev–Trinajstić information content (AvgIpc) is 2.25. The number of rotatable bonds is 2. The van der Waals surface area contributed by atoms with Crippen LogP contribution in [0.3, 0.4) is 0 Å². The topological polar surface area (TPSA) is 59.2 Å². The molecule has 4 nitrogen and oxygen atoms in total. The third kappa shape index (κ3) is 3.58. The first kappa shape index (κ1) is 14.2. The summed E-state index contributed by atoms with van der Waals surface area (Å²) >= 11 is 0. The van der Waals surface area contributed by atoms with Crippen molar-refractivity contribution in [2.45, 2.75) is 26.2 Å². The second kappa shape index (κ2) is 5.21. The first-order valence-corrected chi connectivity index (χ1v) is 5.87. The van der Waals surface area contributed by atoms with E-state index in [2.05, 4.69) is 25.8 Å². The molecule has 98 valence electrons. The SMILES string of the molecule is CN(C)C(=O)C=Cc1cnc(N)cc1C(C)(C)C. The fourth-order valence-corrected chi connectivity index (χ4v) is 1.57. The fraction of sp³-hybridized carbons (Fsp3) is 0.429. The molecule has 0 unspecified atom stereocenters. The second-order valence-corrected chi connectivity index (χ2v) is 5.51. The van der Waals surface area contributed by atoms with Crippen molar-refractivity contribution in [3.05, 3.63) is 29.5 Å². The van der Waals surface area contributed by atoms with Gasteiger partial charge in [0.25, 0.3) is 0 Å². The van der Waals surface area contributed by atoms with Gasteiger partial charge in [-0.3, -0.25) is 4.79 Å². The molecule has 2 N–H and O–H groups in total. The zero-order chi connectivity index (χ0) is 13.9. The number of likely N-dealkylation sites (N-methyl/N-ethyl adjacent to an activating group) is 1. The molecule has 0 aliphatic carbocycles. The fourth-order valence-electron chi connectivity index (χ4n) is 1.57. The molecule has 1 aromatic rings. The van der Waals surface area contributed by atoms with E-state index in [-0.39, 0.29) is 11.3 Å². The molecule has 0 spiro atoms. The molecule has 0 aromatic carbocycles. The van der Waals surface area contributed by atoms with E-state index in [9.17, 15) is 4.79 Å². The number of hydrogen-bond donors (Lipinski definition) is 1. The maximum absolute atomic E-state index is 11.5. The van der Waals surface area contributed by atoms with Crippen LogP contribution in [0, 0.1) is 0 Å². The minimum absolute atomic E-state index is 0.0438. The Kier molecular flexibility index (Phi) is 4.11. The van der Waals surface area contributed by atoms with Crippen LogP contribution in [0.4, 0.5) is 5.82 Å². The van der Waals surface area contributed by atoms with Crippen LogP contribution in [0.25, 0.3) is 6.08 Å². The van der Waals surface area contributed by atoms with E-state index in [4.69, 9.17) is 5.73 Å². The third-order valence-electron chi connectivity index (χ3n) is 2.61. The lowest BCUT2D eigenvalue weighted by atomic mass is 9.84. The van der Waals surface area contributed by atoms with Crippen molar-refractivity contribution in [2.75, 3.05) is 19.8 Å². The highest BCUT2D eigenvalue weighted by molar-refractivity contribution is 5.91. The summed E-state index contributed by atoms with van der Waals surface area (Å²) in [7, 11) is 3.44. The third-order valence-corrected chi connectivity index (χ3v) is 2.61. The minimum Gasteiger partial charge on any atom is -0.384 e. The molecule has 18 heavy (non-hydrogen) atoms. The number of anilines is 1. The highest BCUT2D eigenvalue weighted by Gasteiger charge is 2.17. The number of hydrogen-bond acceptors (Lipinski definition) is 3. The smallest absolute Gasteiger partial charge is 0.246 e. The van der Waals surface area contributed by atoms with Crippen molar-refractivity contribution in [1.29, 1.82) is 0 Å². The molecule has 0 atom stereocenters. The summed E-state index contributed by atoms with van der Waals surface area (Å²) in [5, 5.41) is 0. The molecule has 1 amide bonds. The minimum atomic E-state index is -0.0494. The Morgan fingerprint density at radius 2 is 2.00 bits per heavy atom. The number of carbonyl (C=O) groups is 1. The Balaban J connectivity index is 3.14. The largest absolute Gasteiger partial charge is 0.384 e. The van der Waals surface area contributed by atoms with E-state index in [0.29, 0.717) is 5.82 Å². The summed E-state index contributed by atoms with van der Waals surface area (Å²) < 4.78 is 0. The number of nitrogens with zero attached hydrogens (tertiary/aromatic N) is 2. The van der Waals surface area contributed by atoms with Gasteiger partial charge in [0.05, 0.1) is 0 Å². The van der Waals surface area contributed by atoms with Crippen LogP contribution >= 0.6 is 0 Å². The molecule has 0 radical (unpaired) electrons. The Morgan fingerprint density at radius 3 is 2.50 bits per heavy atom. The van der Waals surface area contributed by atoms with E-state index in [1.165, 1.54) is 4.90 Å². The van der Waals surface area contributed by atoms with E-state index < -0.39 is 0 Å². The van der Waals surface area contributed by atoms with Crippen molar-refractivity contribution in [2.24, 2.45) is 0 Å². The van der Waals surface area contributed by atoms with Crippen molar-refractivity contribution in [3.63, 3.8) is 0 Å². The summed E-state index contributed by atoms with van der Waals surface area (Å²) in [6.07, 6.45) is 5.03. The zero-order valence-electron chi connectivity index (χ0n) is 11.7. The Bertz CT molecular complexity index is 470. The molecule has 0 saturated carbocycles. The maximum atomic E-state index is 11.5. The predicted molar refractivity (Wildman–Crippen MR) is 75.1 cm³/mol. The zero-order valence-corrected chi connectivity index (χ0v) is 11.7. The van der Waals surface area contributed by atoms with Crippen LogP contribution in [0.15, 0.2) is 18.3 Å². The van der Waals surface area contributed by atoms with Gasteiger partial charge in [0.15, 0.2) is 0 Å². The molecule has 1 aromatic heterocycles. The summed E-state index contributed by atoms with van der Waals surface area (Å²) in [5.41, 5.74) is 7.68. The summed E-state index contributed by atoms with van der Waals surface area (Å²) in [6.45, 7) is 6.31. The number of carbonyl (C=O) groups excluding carboxylic acids is 1. The van der Waals surface area contributed by atoms with E-state index >= 15 is 0 Å². The van der Waals surface area contributed by atoms with Gasteiger partial charge in [0, 0.05) is 26.4 Å². The number of pyridine rings is 1. The molecule has 0 aliphatic heterocycles. The average molecular weight is 247 g/mol. The lowest BCUT2D eigenvalue weighted by Crippen LogP contribution is -2.19. The predicted octanol–water partition coefficient (Wildman–Crippen LogP) is 2.06. The van der Waals surface area contributed by atoms with Crippen molar-refractivity contribution in [1.82, 2.24) is 9.88 Å². The van der Waals surface area contributed by atoms with Crippen molar-refractivity contribution < 1.29 is 4.79 Å². The number of aromatic nitrogens is 1. The highest BCUT2D eigenvalue weighted by atomic mass is 16.2. The molecular formula is C14H21N3O. The second-order valence-electron chi connectivity index (χ2n) is 5.51. The first-order chi connectivity index (χ1) is 8.21. The monoisotopic (exact) mass is 247 g/mol. The Labute approximate surface area is 109 Å². The van der Waals surface area contributed by atoms with Gasteiger partial charge in [-0.25, -0.2) is 4.98 Å². The van der Waals surface area contributed by atoms with Gasteiger partial charge >= 0.3 is 0 Å². The molecule has 1 rings (SSSR count). The first-order valence-electron chi connectivity index (χ1n) is 5.87. The van der Waals surface area contributed by atoms with Crippen molar-refractivity contribution in [3.8, 4) is 0 Å². The summed E-state index contributed by atoms with van der Waals surface area (Å²) in [5.74, 6) is 0.447. The Morgan fingerprint density at radius 1 is 1.39 bits per heavy atom. The van der Waals surface area contributed by atoms with E-state index in [1.807, 2.05) is 6.07 Å². The lowest BCUT2D eigenvalue weighted by Gasteiger charge is -2.21. The summed E-state index contributed by atoms with van der Waals surface area (Å²) in [6, 6.07) is 1.86. The number of amides is 1. The molecular weight excluding hydrogens is 226 g/mol. The van der Waals surface area contributed by atoms with Crippen LogP contribution < -0.4 is 5.73 Å². The lowest BCUT2D eigenvalue weighted by molar-refractivity contribution is -0.123. The van der Waals surface area contributed by atoms with E-state index in [0.717, 1.165) is 11.1 Å². The van der Waals surface area contributed by atoms with E-state index in [1.54, 1.807) is 32.4 Å². The molecule has 4 heteroatoms. The van der Waals surface area contributed by atoms with Crippen LogP contribution in [-0.2, 0) is 10.2 Å². The maximum Gasteiger partial charge on any atom is 0.246 e. The molecule has 1 heterocycles. The number of nitrogens with two attached hydrogens (primary N) is 1. The van der Waals surface area contributed by atoms with Gasteiger partial charge in [-0.1, -0.05) is 20.8 Å². The van der Waals surface area contributed by atoms with Crippen LogP contribution in [0.2, 0.25) is 0 Å².